The van der Waals surface area contributed by atoms with Gasteiger partial charge in [-0.3, -0.25) is 14.7 Å². The third-order valence-corrected chi connectivity index (χ3v) is 4.85. The molecule has 0 radical (unpaired) electrons. The van der Waals surface area contributed by atoms with E-state index >= 15 is 0 Å². The van der Waals surface area contributed by atoms with Crippen LogP contribution < -0.4 is 16.0 Å². The third kappa shape index (κ3) is 10.1. The quantitative estimate of drug-likeness (QED) is 0.187. The van der Waals surface area contributed by atoms with Gasteiger partial charge in [-0.1, -0.05) is 32.0 Å². The molecule has 1 atom stereocenters. The average Bonchev–Trinajstić information content (AvgIpc) is 2.74. The molecule has 1 aromatic rings. The van der Waals surface area contributed by atoms with Crippen molar-refractivity contribution in [3.63, 3.8) is 0 Å². The third-order valence-electron chi connectivity index (χ3n) is 4.85. The molecule has 0 bridgehead atoms. The SMILES string of the molecule is CCNC(=NCC(CC(C)C)N1CCOCC1)NCCNC(=O)c1ccccc1.I. The molecular formula is C22H38IN5O2. The molecule has 1 amide bonds. The maximum absolute atomic E-state index is 12.1. The van der Waals surface area contributed by atoms with Crippen molar-refractivity contribution in [1.29, 1.82) is 0 Å². The average molecular weight is 531 g/mol. The molecule has 1 heterocycles. The zero-order chi connectivity index (χ0) is 20.9. The summed E-state index contributed by atoms with van der Waals surface area (Å²) < 4.78 is 5.50. The van der Waals surface area contributed by atoms with Crippen molar-refractivity contribution < 1.29 is 9.53 Å². The Hall–Kier alpha value is -1.39. The summed E-state index contributed by atoms with van der Waals surface area (Å²) in [7, 11) is 0. The molecule has 1 aliphatic rings. The van der Waals surface area contributed by atoms with Crippen LogP contribution in [0.4, 0.5) is 0 Å². The Balaban J connectivity index is 0.00000450. The lowest BCUT2D eigenvalue weighted by molar-refractivity contribution is 0.0143. The molecular weight excluding hydrogens is 493 g/mol. The minimum absolute atomic E-state index is 0. The van der Waals surface area contributed by atoms with Crippen LogP contribution in [0.1, 0.15) is 37.6 Å². The zero-order valence-corrected chi connectivity index (χ0v) is 20.9. The van der Waals surface area contributed by atoms with Gasteiger partial charge in [0.2, 0.25) is 0 Å². The van der Waals surface area contributed by atoms with Crippen LogP contribution in [0.2, 0.25) is 0 Å². The fourth-order valence-corrected chi connectivity index (χ4v) is 3.41. The molecule has 0 aliphatic carbocycles. The van der Waals surface area contributed by atoms with E-state index in [-0.39, 0.29) is 29.9 Å². The van der Waals surface area contributed by atoms with E-state index in [0.29, 0.717) is 30.6 Å². The van der Waals surface area contributed by atoms with Crippen LogP contribution in [-0.2, 0) is 4.74 Å². The number of morpholine rings is 1. The molecule has 30 heavy (non-hydrogen) atoms. The van der Waals surface area contributed by atoms with Crippen LogP contribution in [0.5, 0.6) is 0 Å². The summed E-state index contributed by atoms with van der Waals surface area (Å²) in [6.07, 6.45) is 1.12. The Morgan fingerprint density at radius 1 is 1.10 bits per heavy atom. The van der Waals surface area contributed by atoms with Crippen molar-refractivity contribution in [2.24, 2.45) is 10.9 Å². The summed E-state index contributed by atoms with van der Waals surface area (Å²) in [6, 6.07) is 9.69. The molecule has 2 rings (SSSR count). The number of rotatable bonds is 10. The van der Waals surface area contributed by atoms with Gasteiger partial charge in [0.05, 0.1) is 19.8 Å². The Bertz CT molecular complexity index is 621. The standard InChI is InChI=1S/C22H37N5O2.HI/c1-4-23-22(25-11-10-24-21(28)19-8-6-5-7-9-19)26-17-20(16-18(2)3)27-12-14-29-15-13-27;/h5-9,18,20H,4,10-17H2,1-3H3,(H,24,28)(H2,23,25,26);1H. The molecule has 0 aromatic heterocycles. The number of guanidine groups is 1. The smallest absolute Gasteiger partial charge is 0.251 e. The molecule has 1 fully saturated rings. The first-order chi connectivity index (χ1) is 14.1. The lowest BCUT2D eigenvalue weighted by Crippen LogP contribution is -2.47. The van der Waals surface area contributed by atoms with Crippen LogP contribution >= 0.6 is 24.0 Å². The molecule has 8 heteroatoms. The van der Waals surface area contributed by atoms with E-state index in [0.717, 1.165) is 51.8 Å². The minimum atomic E-state index is -0.0568. The number of aliphatic imine (C=N–C) groups is 1. The van der Waals surface area contributed by atoms with Crippen LogP contribution in [0, 0.1) is 5.92 Å². The number of nitrogens with zero attached hydrogens (tertiary/aromatic N) is 2. The van der Waals surface area contributed by atoms with Gasteiger partial charge in [0.15, 0.2) is 5.96 Å². The second kappa shape index (κ2) is 15.4. The van der Waals surface area contributed by atoms with Crippen LogP contribution in [0.3, 0.4) is 0 Å². The molecule has 1 unspecified atom stereocenters. The van der Waals surface area contributed by atoms with E-state index in [2.05, 4.69) is 41.6 Å². The van der Waals surface area contributed by atoms with Gasteiger partial charge in [-0.2, -0.15) is 0 Å². The number of benzene rings is 1. The normalized spacial score (nSPS) is 15.9. The maximum Gasteiger partial charge on any atom is 0.251 e. The lowest BCUT2D eigenvalue weighted by atomic mass is 10.0. The first-order valence-electron chi connectivity index (χ1n) is 10.8. The second-order valence-electron chi connectivity index (χ2n) is 7.70. The Kier molecular flexibility index (Phi) is 13.7. The van der Waals surface area contributed by atoms with Crippen LogP contribution in [-0.4, -0.2) is 75.3 Å². The highest BCUT2D eigenvalue weighted by Gasteiger charge is 2.21. The number of carbonyl (C=O) groups excluding carboxylic acids is 1. The fourth-order valence-electron chi connectivity index (χ4n) is 3.41. The Labute approximate surface area is 198 Å². The van der Waals surface area contributed by atoms with E-state index in [1.54, 1.807) is 0 Å². The van der Waals surface area contributed by atoms with Crippen LogP contribution in [0.15, 0.2) is 35.3 Å². The molecule has 0 saturated carbocycles. The summed E-state index contributed by atoms with van der Waals surface area (Å²) in [5.41, 5.74) is 0.676. The summed E-state index contributed by atoms with van der Waals surface area (Å²) in [5.74, 6) is 1.36. The molecule has 7 nitrogen and oxygen atoms in total. The van der Waals surface area contributed by atoms with Gasteiger partial charge in [-0.15, -0.1) is 24.0 Å². The first-order valence-corrected chi connectivity index (χ1v) is 10.8. The summed E-state index contributed by atoms with van der Waals surface area (Å²) in [4.78, 5) is 19.4. The van der Waals surface area contributed by atoms with Gasteiger partial charge in [0.25, 0.3) is 5.91 Å². The van der Waals surface area contributed by atoms with Crippen molar-refractivity contribution in [1.82, 2.24) is 20.9 Å². The van der Waals surface area contributed by atoms with Crippen molar-refractivity contribution in [3.05, 3.63) is 35.9 Å². The largest absolute Gasteiger partial charge is 0.379 e. The fraction of sp³-hybridized carbons (Fsp3) is 0.636. The Morgan fingerprint density at radius 2 is 1.77 bits per heavy atom. The first kappa shape index (κ1) is 26.6. The van der Waals surface area contributed by atoms with Crippen molar-refractivity contribution in [3.8, 4) is 0 Å². The molecule has 170 valence electrons. The van der Waals surface area contributed by atoms with Gasteiger partial charge in [0.1, 0.15) is 0 Å². The van der Waals surface area contributed by atoms with E-state index in [1.807, 2.05) is 30.3 Å². The summed E-state index contributed by atoms with van der Waals surface area (Å²) >= 11 is 0. The van der Waals surface area contributed by atoms with Crippen molar-refractivity contribution in [2.45, 2.75) is 33.2 Å². The van der Waals surface area contributed by atoms with E-state index in [4.69, 9.17) is 9.73 Å². The van der Waals surface area contributed by atoms with Crippen molar-refractivity contribution in [2.75, 3.05) is 52.5 Å². The van der Waals surface area contributed by atoms with E-state index < -0.39 is 0 Å². The number of carbonyl (C=O) groups is 1. The topological polar surface area (TPSA) is 78.0 Å². The van der Waals surface area contributed by atoms with Gasteiger partial charge < -0.3 is 20.7 Å². The molecule has 3 N–H and O–H groups in total. The number of amides is 1. The number of nitrogens with one attached hydrogen (secondary N) is 3. The number of ether oxygens (including phenoxy) is 1. The summed E-state index contributed by atoms with van der Waals surface area (Å²) in [5, 5.41) is 9.55. The molecule has 1 saturated heterocycles. The predicted molar refractivity (Wildman–Crippen MR) is 134 cm³/mol. The van der Waals surface area contributed by atoms with Crippen LogP contribution in [0.25, 0.3) is 0 Å². The van der Waals surface area contributed by atoms with Crippen molar-refractivity contribution >= 4 is 35.8 Å². The monoisotopic (exact) mass is 531 g/mol. The number of halogens is 1. The highest BCUT2D eigenvalue weighted by atomic mass is 127. The second-order valence-corrected chi connectivity index (χ2v) is 7.70. The van der Waals surface area contributed by atoms with E-state index in [1.165, 1.54) is 0 Å². The molecule has 1 aromatic carbocycles. The highest BCUT2D eigenvalue weighted by Crippen LogP contribution is 2.14. The predicted octanol–water partition coefficient (Wildman–Crippen LogP) is 2.34. The highest BCUT2D eigenvalue weighted by molar-refractivity contribution is 14.0. The number of hydrogen-bond donors (Lipinski definition) is 3. The van der Waals surface area contributed by atoms with Gasteiger partial charge in [-0.05, 0) is 31.4 Å². The maximum atomic E-state index is 12.1. The van der Waals surface area contributed by atoms with E-state index in [9.17, 15) is 4.79 Å². The zero-order valence-electron chi connectivity index (χ0n) is 18.5. The van der Waals surface area contributed by atoms with Gasteiger partial charge in [-0.25, -0.2) is 0 Å². The lowest BCUT2D eigenvalue weighted by Gasteiger charge is -2.34. The minimum Gasteiger partial charge on any atom is -0.379 e. The van der Waals surface area contributed by atoms with Gasteiger partial charge >= 0.3 is 0 Å². The van der Waals surface area contributed by atoms with Gasteiger partial charge in [0, 0.05) is 44.3 Å². The number of hydrogen-bond acceptors (Lipinski definition) is 4. The molecule has 0 spiro atoms. The Morgan fingerprint density at radius 3 is 2.40 bits per heavy atom. The summed E-state index contributed by atoms with van der Waals surface area (Å²) in [6.45, 7) is 12.8. The molecule has 1 aliphatic heterocycles.